The molecule has 106 valence electrons. The highest BCUT2D eigenvalue weighted by molar-refractivity contribution is 7.12. The van der Waals surface area contributed by atoms with Crippen LogP contribution in [0.2, 0.25) is 0 Å². The first kappa shape index (κ1) is 13.6. The van der Waals surface area contributed by atoms with E-state index in [9.17, 15) is 4.79 Å². The average Bonchev–Trinajstić information content (AvgIpc) is 3.06. The Labute approximate surface area is 125 Å². The third-order valence-electron chi connectivity index (χ3n) is 3.00. The molecule has 0 aliphatic carbocycles. The van der Waals surface area contributed by atoms with Crippen LogP contribution in [0.3, 0.4) is 0 Å². The first-order valence-electron chi connectivity index (χ1n) is 6.41. The number of hydrogen-bond donors (Lipinski definition) is 1. The van der Waals surface area contributed by atoms with Crippen molar-refractivity contribution in [1.29, 1.82) is 0 Å². The summed E-state index contributed by atoms with van der Waals surface area (Å²) in [6, 6.07) is 5.63. The smallest absolute Gasteiger partial charge is 0.276 e. The lowest BCUT2D eigenvalue weighted by atomic mass is 10.4. The summed E-state index contributed by atoms with van der Waals surface area (Å²) in [5, 5.41) is 12.9. The first-order valence-corrected chi connectivity index (χ1v) is 7.23. The van der Waals surface area contributed by atoms with Gasteiger partial charge in [-0.1, -0.05) is 11.8 Å². The van der Waals surface area contributed by atoms with Crippen molar-refractivity contribution < 1.29 is 5.11 Å². The van der Waals surface area contributed by atoms with E-state index in [1.165, 1.54) is 11.3 Å². The van der Waals surface area contributed by atoms with E-state index in [2.05, 4.69) is 16.9 Å². The van der Waals surface area contributed by atoms with Gasteiger partial charge in [-0.3, -0.25) is 4.79 Å². The summed E-state index contributed by atoms with van der Waals surface area (Å²) in [7, 11) is 0. The predicted molar refractivity (Wildman–Crippen MR) is 81.6 cm³/mol. The number of fused-ring (bicyclic) bond motifs is 1. The third kappa shape index (κ3) is 2.75. The van der Waals surface area contributed by atoms with Gasteiger partial charge in [0.1, 0.15) is 12.1 Å². The predicted octanol–water partition coefficient (Wildman–Crippen LogP) is 1.26. The van der Waals surface area contributed by atoms with Gasteiger partial charge in [0.15, 0.2) is 0 Å². The van der Waals surface area contributed by atoms with E-state index >= 15 is 0 Å². The molecule has 0 amide bonds. The lowest BCUT2D eigenvalue weighted by Crippen LogP contribution is -2.21. The highest BCUT2D eigenvalue weighted by atomic mass is 32.1. The Kier molecular flexibility index (Phi) is 3.60. The molecule has 5 nitrogen and oxygen atoms in total. The summed E-state index contributed by atoms with van der Waals surface area (Å²) in [6.45, 7) is 2.22. The number of nitrogens with zero attached hydrogens (tertiary/aromatic N) is 3. The lowest BCUT2D eigenvalue weighted by molar-refractivity contribution is 0.350. The van der Waals surface area contributed by atoms with Crippen molar-refractivity contribution >= 4 is 16.9 Å². The van der Waals surface area contributed by atoms with Crippen molar-refractivity contribution in [2.24, 2.45) is 0 Å². The average molecular weight is 299 g/mol. The number of rotatable bonds is 2. The standard InChI is InChI=1S/C15H13N3O2S/c1-11-9-14-15(20)17(6-7-18(14)16-11)10-13-5-4-12(21-13)3-2-8-19/h4-7,9,19H,8,10H2,1H3. The zero-order valence-electron chi connectivity index (χ0n) is 11.4. The van der Waals surface area contributed by atoms with Gasteiger partial charge in [-0.15, -0.1) is 11.3 Å². The molecule has 0 atom stereocenters. The van der Waals surface area contributed by atoms with Crippen molar-refractivity contribution in [3.63, 3.8) is 0 Å². The van der Waals surface area contributed by atoms with Crippen LogP contribution in [0.25, 0.3) is 5.52 Å². The Balaban J connectivity index is 1.92. The normalized spacial score (nSPS) is 10.6. The van der Waals surface area contributed by atoms with Crippen LogP contribution in [0.5, 0.6) is 0 Å². The van der Waals surface area contributed by atoms with Gasteiger partial charge in [0.25, 0.3) is 5.56 Å². The maximum absolute atomic E-state index is 12.4. The Bertz CT molecular complexity index is 908. The van der Waals surface area contributed by atoms with Crippen LogP contribution in [0.1, 0.15) is 15.4 Å². The van der Waals surface area contributed by atoms with Gasteiger partial charge in [0, 0.05) is 17.3 Å². The van der Waals surface area contributed by atoms with Gasteiger partial charge in [-0.05, 0) is 25.1 Å². The van der Waals surface area contributed by atoms with Crippen LogP contribution in [0.4, 0.5) is 0 Å². The van der Waals surface area contributed by atoms with Gasteiger partial charge in [-0.2, -0.15) is 5.10 Å². The maximum Gasteiger partial charge on any atom is 0.276 e. The van der Waals surface area contributed by atoms with Crippen molar-refractivity contribution in [1.82, 2.24) is 14.2 Å². The monoisotopic (exact) mass is 299 g/mol. The Hall–Kier alpha value is -2.36. The fourth-order valence-corrected chi connectivity index (χ4v) is 2.98. The van der Waals surface area contributed by atoms with Crippen LogP contribution >= 0.6 is 11.3 Å². The Morgan fingerprint density at radius 1 is 1.38 bits per heavy atom. The van der Waals surface area contributed by atoms with E-state index in [0.717, 1.165) is 15.4 Å². The topological polar surface area (TPSA) is 59.5 Å². The Morgan fingerprint density at radius 2 is 2.24 bits per heavy atom. The van der Waals surface area contributed by atoms with E-state index < -0.39 is 0 Å². The van der Waals surface area contributed by atoms with Crippen LogP contribution in [0, 0.1) is 18.8 Å². The minimum absolute atomic E-state index is 0.0607. The van der Waals surface area contributed by atoms with Gasteiger partial charge >= 0.3 is 0 Å². The van der Waals surface area contributed by atoms with Crippen molar-refractivity contribution in [2.75, 3.05) is 6.61 Å². The summed E-state index contributed by atoms with van der Waals surface area (Å²) >= 11 is 1.52. The number of aryl methyl sites for hydroxylation is 1. The molecule has 0 aliphatic heterocycles. The van der Waals surface area contributed by atoms with Gasteiger partial charge in [0.2, 0.25) is 0 Å². The summed E-state index contributed by atoms with van der Waals surface area (Å²) < 4.78 is 3.26. The van der Waals surface area contributed by atoms with Gasteiger partial charge in [0.05, 0.1) is 17.1 Å². The van der Waals surface area contributed by atoms with E-state index in [1.807, 2.05) is 19.1 Å². The highest BCUT2D eigenvalue weighted by Crippen LogP contribution is 2.16. The second kappa shape index (κ2) is 5.56. The molecule has 0 aliphatic rings. The van der Waals surface area contributed by atoms with Crippen LogP contribution in [0.15, 0.2) is 35.4 Å². The molecule has 0 aromatic carbocycles. The van der Waals surface area contributed by atoms with E-state index in [1.54, 1.807) is 27.5 Å². The molecule has 0 spiro atoms. The molecule has 0 saturated carbocycles. The third-order valence-corrected chi connectivity index (χ3v) is 3.99. The largest absolute Gasteiger partial charge is 0.384 e. The van der Waals surface area contributed by atoms with Gasteiger partial charge in [-0.25, -0.2) is 4.52 Å². The first-order chi connectivity index (χ1) is 10.2. The molecule has 0 fully saturated rings. The molecule has 0 saturated heterocycles. The summed E-state index contributed by atoms with van der Waals surface area (Å²) in [4.78, 5) is 14.3. The van der Waals surface area contributed by atoms with Crippen LogP contribution < -0.4 is 5.56 Å². The molecule has 3 aromatic heterocycles. The molecule has 21 heavy (non-hydrogen) atoms. The number of hydrogen-bond acceptors (Lipinski definition) is 4. The van der Waals surface area contributed by atoms with Crippen molar-refractivity contribution in [2.45, 2.75) is 13.5 Å². The summed E-state index contributed by atoms with van der Waals surface area (Å²) in [5.41, 5.74) is 1.34. The quantitative estimate of drug-likeness (QED) is 0.725. The Morgan fingerprint density at radius 3 is 3.05 bits per heavy atom. The van der Waals surface area contributed by atoms with Crippen molar-refractivity contribution in [3.8, 4) is 11.8 Å². The second-order valence-corrected chi connectivity index (χ2v) is 5.74. The van der Waals surface area contributed by atoms with E-state index in [4.69, 9.17) is 5.11 Å². The number of thiophene rings is 1. The number of aromatic nitrogens is 3. The molecule has 0 unspecified atom stereocenters. The van der Waals surface area contributed by atoms with Crippen molar-refractivity contribution in [3.05, 3.63) is 56.4 Å². The van der Waals surface area contributed by atoms with Gasteiger partial charge < -0.3 is 9.67 Å². The maximum atomic E-state index is 12.4. The molecular weight excluding hydrogens is 286 g/mol. The molecule has 6 heteroatoms. The fourth-order valence-electron chi connectivity index (χ4n) is 2.10. The van der Waals surface area contributed by atoms with Crippen LogP contribution in [-0.4, -0.2) is 25.9 Å². The number of aliphatic hydroxyl groups is 1. The molecule has 0 bridgehead atoms. The molecule has 1 N–H and O–H groups in total. The van der Waals surface area contributed by atoms with E-state index in [0.29, 0.717) is 12.1 Å². The number of aliphatic hydroxyl groups excluding tert-OH is 1. The fraction of sp³-hybridized carbons (Fsp3) is 0.200. The SMILES string of the molecule is Cc1cc2c(=O)n(Cc3ccc(C#CCO)s3)ccn2n1. The van der Waals surface area contributed by atoms with E-state index in [-0.39, 0.29) is 12.2 Å². The zero-order chi connectivity index (χ0) is 14.8. The molecule has 3 heterocycles. The minimum atomic E-state index is -0.149. The molecule has 3 rings (SSSR count). The van der Waals surface area contributed by atoms with Crippen LogP contribution in [-0.2, 0) is 6.54 Å². The summed E-state index contributed by atoms with van der Waals surface area (Å²) in [5.74, 6) is 5.48. The molecule has 3 aromatic rings. The highest BCUT2D eigenvalue weighted by Gasteiger charge is 2.07. The zero-order valence-corrected chi connectivity index (χ0v) is 12.2. The lowest BCUT2D eigenvalue weighted by Gasteiger charge is -2.03. The second-order valence-electron chi connectivity index (χ2n) is 4.57. The molecular formula is C15H13N3O2S. The minimum Gasteiger partial charge on any atom is -0.384 e. The summed E-state index contributed by atoms with van der Waals surface area (Å²) in [6.07, 6.45) is 3.52. The molecule has 0 radical (unpaired) electrons.